The molecule has 1 aliphatic rings. The Balaban J connectivity index is 2.60. The molecule has 0 radical (unpaired) electrons. The highest BCUT2D eigenvalue weighted by atomic mass is 33.1. The first kappa shape index (κ1) is 11.8. The van der Waals surface area contributed by atoms with Crippen LogP contribution >= 0.6 is 10.8 Å². The number of oxime groups is 1. The van der Waals surface area contributed by atoms with E-state index in [-0.39, 0.29) is 5.25 Å². The van der Waals surface area contributed by atoms with Crippen LogP contribution in [0, 0.1) is 0 Å². The van der Waals surface area contributed by atoms with Gasteiger partial charge < -0.3 is 4.84 Å². The average molecular weight is 239 g/mol. The normalized spacial score (nSPS) is 25.6. The molecule has 7 heteroatoms. The molecule has 0 amide bonds. The number of rotatable bonds is 4. The molecule has 1 saturated carbocycles. The third kappa shape index (κ3) is 3.85. The van der Waals surface area contributed by atoms with Crippen molar-refractivity contribution >= 4 is 25.7 Å². The lowest BCUT2D eigenvalue weighted by Gasteiger charge is -2.06. The molecule has 1 aliphatic carbocycles. The third-order valence-corrected chi connectivity index (χ3v) is 4.23. The van der Waals surface area contributed by atoms with Crippen molar-refractivity contribution in [2.24, 2.45) is 5.16 Å². The van der Waals surface area contributed by atoms with Gasteiger partial charge in [-0.05, 0) is 26.2 Å². The molecule has 0 aromatic heterocycles. The van der Waals surface area contributed by atoms with E-state index < -0.39 is 9.15 Å². The standard InChI is InChI=1S/C7H13NO4S2/c1-2-12-8-6-4-3-5-7(6)13-14(9,10)11/h7H,2-5H2,1H3,(H,9,10,11)/b8-6-/t7-/m1/s1. The van der Waals surface area contributed by atoms with E-state index in [1.54, 1.807) is 0 Å². The molecule has 82 valence electrons. The summed E-state index contributed by atoms with van der Waals surface area (Å²) in [4.78, 5) is 4.86. The van der Waals surface area contributed by atoms with Crippen molar-refractivity contribution in [2.75, 3.05) is 6.61 Å². The highest BCUT2D eigenvalue weighted by Crippen LogP contribution is 2.30. The van der Waals surface area contributed by atoms with Gasteiger partial charge in [0.15, 0.2) is 0 Å². The number of hydrogen-bond acceptors (Lipinski definition) is 5. The predicted molar refractivity (Wildman–Crippen MR) is 55.8 cm³/mol. The summed E-state index contributed by atoms with van der Waals surface area (Å²) in [5.74, 6) is 0. The largest absolute Gasteiger partial charge is 0.396 e. The van der Waals surface area contributed by atoms with Crippen LogP contribution in [0.1, 0.15) is 26.2 Å². The van der Waals surface area contributed by atoms with Gasteiger partial charge in [-0.15, -0.1) is 0 Å². The monoisotopic (exact) mass is 239 g/mol. The Morgan fingerprint density at radius 2 is 2.43 bits per heavy atom. The van der Waals surface area contributed by atoms with Crippen molar-refractivity contribution in [1.29, 1.82) is 0 Å². The van der Waals surface area contributed by atoms with Crippen molar-refractivity contribution < 1.29 is 17.8 Å². The molecule has 0 heterocycles. The number of hydrogen-bond donors (Lipinski definition) is 1. The maximum Gasteiger partial charge on any atom is 0.320 e. The molecule has 0 spiro atoms. The molecular formula is C7H13NO4S2. The van der Waals surface area contributed by atoms with Gasteiger partial charge in [-0.2, -0.15) is 8.42 Å². The van der Waals surface area contributed by atoms with E-state index >= 15 is 0 Å². The molecule has 0 aliphatic heterocycles. The molecule has 0 bridgehead atoms. The van der Waals surface area contributed by atoms with Crippen molar-refractivity contribution in [1.82, 2.24) is 0 Å². The van der Waals surface area contributed by atoms with Crippen LogP contribution in [0.3, 0.4) is 0 Å². The fourth-order valence-corrected chi connectivity index (χ4v) is 3.63. The first-order valence-corrected chi connectivity index (χ1v) is 7.21. The van der Waals surface area contributed by atoms with Gasteiger partial charge in [-0.1, -0.05) is 5.16 Å². The predicted octanol–water partition coefficient (Wildman–Crippen LogP) is 1.47. The minimum atomic E-state index is -3.99. The van der Waals surface area contributed by atoms with Crippen LogP contribution in [-0.4, -0.2) is 30.5 Å². The van der Waals surface area contributed by atoms with Crippen molar-refractivity contribution in [3.05, 3.63) is 0 Å². The zero-order valence-corrected chi connectivity index (χ0v) is 9.47. The lowest BCUT2D eigenvalue weighted by Crippen LogP contribution is -2.12. The maximum atomic E-state index is 10.6. The van der Waals surface area contributed by atoms with Gasteiger partial charge >= 0.3 is 9.15 Å². The quantitative estimate of drug-likeness (QED) is 0.456. The minimum Gasteiger partial charge on any atom is -0.396 e. The second kappa shape index (κ2) is 4.99. The fraction of sp³-hybridized carbons (Fsp3) is 0.857. The van der Waals surface area contributed by atoms with Gasteiger partial charge in [0.25, 0.3) is 0 Å². The summed E-state index contributed by atoms with van der Waals surface area (Å²) in [5, 5.41) is 3.57. The smallest absolute Gasteiger partial charge is 0.320 e. The minimum absolute atomic E-state index is 0.253. The lowest BCUT2D eigenvalue weighted by atomic mass is 10.3. The lowest BCUT2D eigenvalue weighted by molar-refractivity contribution is 0.158. The number of nitrogens with zero attached hydrogens (tertiary/aromatic N) is 1. The molecule has 0 aromatic carbocycles. The Hall–Kier alpha value is -0.270. The van der Waals surface area contributed by atoms with Crippen LogP contribution in [0.5, 0.6) is 0 Å². The molecule has 1 rings (SSSR count). The third-order valence-electron chi connectivity index (χ3n) is 1.82. The zero-order chi connectivity index (χ0) is 10.6. The fourth-order valence-electron chi connectivity index (χ4n) is 1.30. The summed E-state index contributed by atoms with van der Waals surface area (Å²) < 4.78 is 29.9. The Kier molecular flexibility index (Phi) is 4.21. The molecule has 5 nitrogen and oxygen atoms in total. The Morgan fingerprint density at radius 1 is 1.71 bits per heavy atom. The highest BCUT2D eigenvalue weighted by Gasteiger charge is 2.28. The average Bonchev–Trinajstić information content (AvgIpc) is 2.45. The van der Waals surface area contributed by atoms with Gasteiger partial charge in [0.2, 0.25) is 0 Å². The Morgan fingerprint density at radius 3 is 3.00 bits per heavy atom. The van der Waals surface area contributed by atoms with Crippen LogP contribution in [0.25, 0.3) is 0 Å². The molecule has 14 heavy (non-hydrogen) atoms. The van der Waals surface area contributed by atoms with Gasteiger partial charge in [0.05, 0.1) is 11.0 Å². The van der Waals surface area contributed by atoms with Crippen LogP contribution in [0.15, 0.2) is 5.16 Å². The van der Waals surface area contributed by atoms with Crippen LogP contribution in [-0.2, 0) is 14.0 Å². The van der Waals surface area contributed by atoms with Gasteiger partial charge in [0, 0.05) is 10.8 Å². The van der Waals surface area contributed by atoms with E-state index in [2.05, 4.69) is 5.16 Å². The van der Waals surface area contributed by atoms with E-state index in [4.69, 9.17) is 9.39 Å². The maximum absolute atomic E-state index is 10.6. The second-order valence-corrected chi connectivity index (χ2v) is 6.36. The van der Waals surface area contributed by atoms with Crippen LogP contribution in [0.2, 0.25) is 0 Å². The second-order valence-electron chi connectivity index (χ2n) is 2.91. The summed E-state index contributed by atoms with van der Waals surface area (Å²) in [6.45, 7) is 2.27. The summed E-state index contributed by atoms with van der Waals surface area (Å²) in [6.07, 6.45) is 2.35. The molecule has 1 atom stereocenters. The summed E-state index contributed by atoms with van der Waals surface area (Å²) in [6, 6.07) is 0. The van der Waals surface area contributed by atoms with Crippen LogP contribution in [0.4, 0.5) is 0 Å². The van der Waals surface area contributed by atoms with Gasteiger partial charge in [-0.25, -0.2) is 0 Å². The molecule has 0 unspecified atom stereocenters. The first-order valence-electron chi connectivity index (χ1n) is 4.37. The summed E-state index contributed by atoms with van der Waals surface area (Å²) in [5.41, 5.74) is 0.717. The van der Waals surface area contributed by atoms with Gasteiger partial charge in [-0.3, -0.25) is 4.55 Å². The summed E-state index contributed by atoms with van der Waals surface area (Å²) in [7, 11) is -3.45. The van der Waals surface area contributed by atoms with Gasteiger partial charge in [0.1, 0.15) is 6.61 Å². The SMILES string of the molecule is CCO/N=C1/CCC[C@H]1SS(=O)(=O)O. The Bertz CT molecular complexity index is 312. The molecule has 1 N–H and O–H groups in total. The first-order chi connectivity index (χ1) is 6.53. The zero-order valence-electron chi connectivity index (χ0n) is 7.84. The molecule has 0 aromatic rings. The van der Waals surface area contributed by atoms with Crippen molar-refractivity contribution in [3.63, 3.8) is 0 Å². The van der Waals surface area contributed by atoms with Crippen LogP contribution < -0.4 is 0 Å². The van der Waals surface area contributed by atoms with E-state index in [1.165, 1.54) is 0 Å². The van der Waals surface area contributed by atoms with Crippen molar-refractivity contribution in [3.8, 4) is 0 Å². The van der Waals surface area contributed by atoms with E-state index in [0.29, 0.717) is 17.4 Å². The Labute approximate surface area is 87.0 Å². The molecule has 1 fully saturated rings. The molecular weight excluding hydrogens is 226 g/mol. The van der Waals surface area contributed by atoms with E-state index in [1.807, 2.05) is 6.92 Å². The summed E-state index contributed by atoms with van der Waals surface area (Å²) >= 11 is 0. The highest BCUT2D eigenvalue weighted by molar-refractivity contribution is 8.70. The van der Waals surface area contributed by atoms with E-state index in [0.717, 1.165) is 25.0 Å². The van der Waals surface area contributed by atoms with E-state index in [9.17, 15) is 8.42 Å². The molecule has 0 saturated heterocycles. The topological polar surface area (TPSA) is 76.0 Å². The van der Waals surface area contributed by atoms with Crippen molar-refractivity contribution in [2.45, 2.75) is 31.4 Å².